The Morgan fingerprint density at radius 1 is 0.742 bits per heavy atom. The van der Waals surface area contributed by atoms with Gasteiger partial charge in [-0.3, -0.25) is 14.4 Å². The minimum atomic E-state index is -0.481. The number of hydrogen-bond donors (Lipinski definition) is 0. The van der Waals surface area contributed by atoms with Crippen LogP contribution < -0.4 is 4.90 Å². The van der Waals surface area contributed by atoms with Gasteiger partial charge in [-0.2, -0.15) is 0 Å². The Labute approximate surface area is 182 Å². The van der Waals surface area contributed by atoms with E-state index in [4.69, 9.17) is 4.42 Å². The summed E-state index contributed by atoms with van der Waals surface area (Å²) in [6.45, 7) is 8.13. The molecule has 164 valence electrons. The molecule has 3 heterocycles. The zero-order valence-electron chi connectivity index (χ0n) is 18.0. The molecular formula is C23H28N4O4. The van der Waals surface area contributed by atoms with Crippen molar-refractivity contribution >= 4 is 23.4 Å². The van der Waals surface area contributed by atoms with Crippen molar-refractivity contribution in [1.82, 2.24) is 14.7 Å². The van der Waals surface area contributed by atoms with Crippen molar-refractivity contribution < 1.29 is 18.8 Å². The van der Waals surface area contributed by atoms with Gasteiger partial charge < -0.3 is 24.0 Å². The van der Waals surface area contributed by atoms with Crippen molar-refractivity contribution in [3.8, 4) is 0 Å². The molecule has 1 aromatic carbocycles. The number of anilines is 1. The summed E-state index contributed by atoms with van der Waals surface area (Å²) in [5.41, 5.74) is 3.69. The predicted molar refractivity (Wildman–Crippen MR) is 116 cm³/mol. The molecule has 1 aromatic heterocycles. The van der Waals surface area contributed by atoms with Gasteiger partial charge in [0.1, 0.15) is 0 Å². The van der Waals surface area contributed by atoms with Crippen LogP contribution in [-0.2, 0) is 9.59 Å². The molecule has 0 aliphatic carbocycles. The first-order chi connectivity index (χ1) is 15.0. The van der Waals surface area contributed by atoms with Crippen molar-refractivity contribution in [3.05, 3.63) is 53.5 Å². The number of hydrogen-bond acceptors (Lipinski definition) is 5. The summed E-state index contributed by atoms with van der Waals surface area (Å²) >= 11 is 0. The maximum Gasteiger partial charge on any atom is 0.312 e. The molecule has 0 radical (unpaired) electrons. The highest BCUT2D eigenvalue weighted by atomic mass is 16.3. The van der Waals surface area contributed by atoms with E-state index in [1.54, 1.807) is 26.8 Å². The Bertz CT molecular complexity index is 956. The zero-order chi connectivity index (χ0) is 22.0. The predicted octanol–water partition coefficient (Wildman–Crippen LogP) is 1.53. The third kappa shape index (κ3) is 4.28. The number of benzene rings is 1. The Morgan fingerprint density at radius 2 is 1.32 bits per heavy atom. The average Bonchev–Trinajstić information content (AvgIpc) is 3.35. The van der Waals surface area contributed by atoms with E-state index >= 15 is 0 Å². The third-order valence-corrected chi connectivity index (χ3v) is 6.25. The lowest BCUT2D eigenvalue weighted by Gasteiger charge is -2.38. The van der Waals surface area contributed by atoms with Crippen LogP contribution in [0.1, 0.15) is 21.7 Å². The van der Waals surface area contributed by atoms with Crippen molar-refractivity contribution in [2.45, 2.75) is 13.8 Å². The highest BCUT2D eigenvalue weighted by Gasteiger charge is 2.33. The van der Waals surface area contributed by atoms with Crippen LogP contribution in [-0.4, -0.2) is 84.8 Å². The van der Waals surface area contributed by atoms with E-state index in [9.17, 15) is 14.4 Å². The fourth-order valence-electron chi connectivity index (χ4n) is 4.17. The lowest BCUT2D eigenvalue weighted by Crippen LogP contribution is -2.57. The summed E-state index contributed by atoms with van der Waals surface area (Å²) in [5, 5.41) is 0. The van der Waals surface area contributed by atoms with Gasteiger partial charge in [0.15, 0.2) is 5.76 Å². The molecule has 31 heavy (non-hydrogen) atoms. The smallest absolute Gasteiger partial charge is 0.312 e. The van der Waals surface area contributed by atoms with E-state index in [1.165, 1.54) is 23.1 Å². The summed E-state index contributed by atoms with van der Waals surface area (Å²) in [5.74, 6) is -0.833. The molecule has 3 amide bonds. The van der Waals surface area contributed by atoms with Gasteiger partial charge in [-0.05, 0) is 43.2 Å². The SMILES string of the molecule is Cc1cccc(N2CCN(C(=O)C(=O)N3CCN(C(=O)c4ccco4)CC3)CC2)c1C. The Kier molecular flexibility index (Phi) is 5.97. The lowest BCUT2D eigenvalue weighted by atomic mass is 10.1. The fraction of sp³-hybridized carbons (Fsp3) is 0.435. The van der Waals surface area contributed by atoms with Crippen LogP contribution in [0.25, 0.3) is 0 Å². The van der Waals surface area contributed by atoms with Gasteiger partial charge >= 0.3 is 11.8 Å². The molecule has 2 saturated heterocycles. The number of carbonyl (C=O) groups is 3. The molecule has 0 bridgehead atoms. The first kappa shape index (κ1) is 21.0. The number of nitrogens with zero attached hydrogens (tertiary/aromatic N) is 4. The molecule has 2 fully saturated rings. The van der Waals surface area contributed by atoms with Gasteiger partial charge in [-0.1, -0.05) is 12.1 Å². The highest BCUT2D eigenvalue weighted by molar-refractivity contribution is 6.35. The maximum atomic E-state index is 12.8. The van der Waals surface area contributed by atoms with Crippen LogP contribution in [0, 0.1) is 13.8 Å². The van der Waals surface area contributed by atoms with E-state index < -0.39 is 11.8 Å². The fourth-order valence-corrected chi connectivity index (χ4v) is 4.17. The molecule has 8 heteroatoms. The van der Waals surface area contributed by atoms with E-state index in [1.807, 2.05) is 0 Å². The molecule has 4 rings (SSSR count). The molecule has 0 unspecified atom stereocenters. The van der Waals surface area contributed by atoms with Crippen molar-refractivity contribution in [2.24, 2.45) is 0 Å². The lowest BCUT2D eigenvalue weighted by molar-refractivity contribution is -0.152. The van der Waals surface area contributed by atoms with Gasteiger partial charge in [0, 0.05) is 58.0 Å². The van der Waals surface area contributed by atoms with Crippen LogP contribution in [0.2, 0.25) is 0 Å². The molecule has 0 atom stereocenters. The van der Waals surface area contributed by atoms with Crippen LogP contribution >= 0.6 is 0 Å². The second-order valence-electron chi connectivity index (χ2n) is 8.06. The molecule has 0 saturated carbocycles. The van der Waals surface area contributed by atoms with Crippen molar-refractivity contribution in [3.63, 3.8) is 0 Å². The summed E-state index contributed by atoms with van der Waals surface area (Å²) in [4.78, 5) is 45.0. The number of carbonyl (C=O) groups excluding carboxylic acids is 3. The molecule has 0 spiro atoms. The van der Waals surface area contributed by atoms with Gasteiger partial charge in [0.25, 0.3) is 5.91 Å². The minimum Gasteiger partial charge on any atom is -0.459 e. The minimum absolute atomic E-state index is 0.189. The van der Waals surface area contributed by atoms with Crippen LogP contribution in [0.3, 0.4) is 0 Å². The molecule has 2 aliphatic heterocycles. The van der Waals surface area contributed by atoms with Gasteiger partial charge in [-0.25, -0.2) is 0 Å². The Morgan fingerprint density at radius 3 is 1.90 bits per heavy atom. The number of amides is 3. The molecule has 8 nitrogen and oxygen atoms in total. The van der Waals surface area contributed by atoms with Crippen molar-refractivity contribution in [1.29, 1.82) is 0 Å². The second-order valence-corrected chi connectivity index (χ2v) is 8.06. The highest BCUT2D eigenvalue weighted by Crippen LogP contribution is 2.24. The average molecular weight is 425 g/mol. The van der Waals surface area contributed by atoms with Gasteiger partial charge in [0.2, 0.25) is 0 Å². The Hall–Kier alpha value is -3.29. The number of aryl methyl sites for hydroxylation is 1. The summed E-state index contributed by atoms with van der Waals surface area (Å²) in [6, 6.07) is 9.55. The first-order valence-corrected chi connectivity index (χ1v) is 10.7. The van der Waals surface area contributed by atoms with E-state index in [-0.39, 0.29) is 11.7 Å². The molecule has 2 aromatic rings. The van der Waals surface area contributed by atoms with Gasteiger partial charge in [-0.15, -0.1) is 0 Å². The first-order valence-electron chi connectivity index (χ1n) is 10.7. The topological polar surface area (TPSA) is 77.3 Å². The zero-order valence-corrected chi connectivity index (χ0v) is 18.0. The van der Waals surface area contributed by atoms with Crippen LogP contribution in [0.5, 0.6) is 0 Å². The van der Waals surface area contributed by atoms with E-state index in [2.05, 4.69) is 36.9 Å². The normalized spacial score (nSPS) is 17.1. The summed E-state index contributed by atoms with van der Waals surface area (Å²) in [7, 11) is 0. The molecule has 2 aliphatic rings. The molecule has 0 N–H and O–H groups in total. The monoisotopic (exact) mass is 424 g/mol. The van der Waals surface area contributed by atoms with E-state index in [0.29, 0.717) is 52.4 Å². The quantitative estimate of drug-likeness (QED) is 0.684. The largest absolute Gasteiger partial charge is 0.459 e. The van der Waals surface area contributed by atoms with Crippen LogP contribution in [0.15, 0.2) is 41.0 Å². The summed E-state index contributed by atoms with van der Waals surface area (Å²) < 4.78 is 5.16. The summed E-state index contributed by atoms with van der Waals surface area (Å²) in [6.07, 6.45) is 1.46. The standard InChI is InChI=1S/C23H28N4O4/c1-17-5-3-6-19(18(17)2)24-8-10-26(11-9-24)22(29)23(30)27-14-12-25(13-15-27)21(28)20-7-4-16-31-20/h3-7,16H,8-15H2,1-2H3. The van der Waals surface area contributed by atoms with E-state index in [0.717, 1.165) is 0 Å². The number of piperazine rings is 2. The number of furan rings is 1. The molecular weight excluding hydrogens is 396 g/mol. The number of rotatable bonds is 2. The maximum absolute atomic E-state index is 12.8. The second kappa shape index (κ2) is 8.83. The van der Waals surface area contributed by atoms with Gasteiger partial charge in [0.05, 0.1) is 6.26 Å². The van der Waals surface area contributed by atoms with Crippen LogP contribution in [0.4, 0.5) is 5.69 Å². The third-order valence-electron chi connectivity index (χ3n) is 6.25. The van der Waals surface area contributed by atoms with Crippen molar-refractivity contribution in [2.75, 3.05) is 57.3 Å². The Balaban J connectivity index is 1.29.